The van der Waals surface area contributed by atoms with Crippen LogP contribution in [0.25, 0.3) is 0 Å². The number of rotatable bonds is 3. The standard InChI is InChI=1S/C11H12F2N2O3.ClH/c1-6(5-14)10(16)15-7-2-3-8-9(4-7)18-11(12,13)17-8;/h2-4,6H,5,14H2,1H3,(H,15,16);1H. The molecule has 1 atom stereocenters. The quantitative estimate of drug-likeness (QED) is 0.894. The van der Waals surface area contributed by atoms with Gasteiger partial charge in [0.15, 0.2) is 11.5 Å². The summed E-state index contributed by atoms with van der Waals surface area (Å²) in [6.07, 6.45) is -3.66. The number of fused-ring (bicyclic) bond motifs is 1. The van der Waals surface area contributed by atoms with Crippen LogP contribution < -0.4 is 20.5 Å². The second-order valence-corrected chi connectivity index (χ2v) is 3.96. The van der Waals surface area contributed by atoms with Gasteiger partial charge >= 0.3 is 6.29 Å². The monoisotopic (exact) mass is 294 g/mol. The van der Waals surface area contributed by atoms with Crippen LogP contribution in [0, 0.1) is 5.92 Å². The molecule has 0 aliphatic carbocycles. The van der Waals surface area contributed by atoms with Gasteiger partial charge in [-0.25, -0.2) is 0 Å². The average Bonchev–Trinajstić information content (AvgIpc) is 2.61. The summed E-state index contributed by atoms with van der Waals surface area (Å²) in [5.74, 6) is -0.830. The van der Waals surface area contributed by atoms with Crippen molar-refractivity contribution in [3.63, 3.8) is 0 Å². The third-order valence-corrected chi connectivity index (χ3v) is 2.47. The normalized spacial score (nSPS) is 16.4. The van der Waals surface area contributed by atoms with E-state index in [4.69, 9.17) is 5.73 Å². The molecule has 0 saturated heterocycles. The van der Waals surface area contributed by atoms with E-state index < -0.39 is 6.29 Å². The van der Waals surface area contributed by atoms with E-state index in [-0.39, 0.29) is 42.3 Å². The summed E-state index contributed by atoms with van der Waals surface area (Å²) >= 11 is 0. The number of amides is 1. The number of alkyl halides is 2. The molecule has 2 rings (SSSR count). The van der Waals surface area contributed by atoms with Gasteiger partial charge in [-0.2, -0.15) is 0 Å². The number of hydrogen-bond donors (Lipinski definition) is 2. The molecule has 0 fully saturated rings. The van der Waals surface area contributed by atoms with Gasteiger partial charge in [0.2, 0.25) is 5.91 Å². The number of benzene rings is 1. The molecule has 0 aromatic heterocycles. The van der Waals surface area contributed by atoms with E-state index in [0.717, 1.165) is 0 Å². The molecule has 1 aliphatic rings. The van der Waals surface area contributed by atoms with Crippen LogP contribution >= 0.6 is 12.4 Å². The summed E-state index contributed by atoms with van der Waals surface area (Å²) < 4.78 is 34.0. The van der Waals surface area contributed by atoms with Gasteiger partial charge in [-0.3, -0.25) is 4.79 Å². The Morgan fingerprint density at radius 2 is 2.05 bits per heavy atom. The number of anilines is 1. The molecule has 0 saturated carbocycles. The maximum absolute atomic E-state index is 12.8. The fourth-order valence-corrected chi connectivity index (χ4v) is 1.40. The molecular weight excluding hydrogens is 282 g/mol. The Bertz CT molecular complexity index is 485. The van der Waals surface area contributed by atoms with Crippen LogP contribution in [0.4, 0.5) is 14.5 Å². The van der Waals surface area contributed by atoms with Gasteiger partial charge in [-0.05, 0) is 12.1 Å². The number of halogens is 3. The molecule has 1 amide bonds. The maximum Gasteiger partial charge on any atom is 0.586 e. The van der Waals surface area contributed by atoms with Crippen LogP contribution in [-0.2, 0) is 4.79 Å². The molecule has 1 aliphatic heterocycles. The predicted molar refractivity (Wildman–Crippen MR) is 66.7 cm³/mol. The Kier molecular flexibility index (Phi) is 4.54. The fraction of sp³-hybridized carbons (Fsp3) is 0.364. The lowest BCUT2D eigenvalue weighted by Crippen LogP contribution is -2.26. The smallest absolute Gasteiger partial charge is 0.395 e. The minimum Gasteiger partial charge on any atom is -0.395 e. The topological polar surface area (TPSA) is 73.6 Å². The Labute approximate surface area is 114 Å². The number of hydrogen-bond acceptors (Lipinski definition) is 4. The fourth-order valence-electron chi connectivity index (χ4n) is 1.40. The Hall–Kier alpha value is -1.60. The van der Waals surface area contributed by atoms with E-state index in [1.54, 1.807) is 6.92 Å². The van der Waals surface area contributed by atoms with Gasteiger partial charge < -0.3 is 20.5 Å². The molecule has 8 heteroatoms. The second kappa shape index (κ2) is 5.58. The van der Waals surface area contributed by atoms with E-state index in [0.29, 0.717) is 5.69 Å². The molecule has 3 N–H and O–H groups in total. The first kappa shape index (κ1) is 15.5. The van der Waals surface area contributed by atoms with Crippen molar-refractivity contribution in [1.82, 2.24) is 0 Å². The Balaban J connectivity index is 0.00000180. The lowest BCUT2D eigenvalue weighted by molar-refractivity contribution is -0.286. The summed E-state index contributed by atoms with van der Waals surface area (Å²) in [6, 6.07) is 4.03. The van der Waals surface area contributed by atoms with Gasteiger partial charge in [-0.1, -0.05) is 6.92 Å². The summed E-state index contributed by atoms with van der Waals surface area (Å²) in [5, 5.41) is 2.55. The predicted octanol–water partition coefficient (Wildman–Crippen LogP) is 1.96. The highest BCUT2D eigenvalue weighted by atomic mass is 35.5. The number of nitrogens with two attached hydrogens (primary N) is 1. The van der Waals surface area contributed by atoms with E-state index in [1.165, 1.54) is 18.2 Å². The summed E-state index contributed by atoms with van der Waals surface area (Å²) in [4.78, 5) is 11.6. The Morgan fingerprint density at radius 1 is 1.42 bits per heavy atom. The first-order valence-corrected chi connectivity index (χ1v) is 5.32. The first-order chi connectivity index (χ1) is 8.41. The highest BCUT2D eigenvalue weighted by Gasteiger charge is 2.43. The van der Waals surface area contributed by atoms with Gasteiger partial charge in [0.25, 0.3) is 0 Å². The molecule has 5 nitrogen and oxygen atoms in total. The second-order valence-electron chi connectivity index (χ2n) is 3.96. The highest BCUT2D eigenvalue weighted by Crippen LogP contribution is 2.42. The van der Waals surface area contributed by atoms with Crippen LogP contribution in [0.1, 0.15) is 6.92 Å². The zero-order chi connectivity index (χ0) is 13.3. The van der Waals surface area contributed by atoms with Gasteiger partial charge in [0.05, 0.1) is 0 Å². The lowest BCUT2D eigenvalue weighted by atomic mass is 10.1. The molecule has 0 radical (unpaired) electrons. The van der Waals surface area contributed by atoms with Crippen molar-refractivity contribution in [2.75, 3.05) is 11.9 Å². The number of nitrogens with one attached hydrogen (secondary N) is 1. The van der Waals surface area contributed by atoms with E-state index in [9.17, 15) is 13.6 Å². The van der Waals surface area contributed by atoms with Crippen LogP contribution in [-0.4, -0.2) is 18.7 Å². The molecule has 0 spiro atoms. The van der Waals surface area contributed by atoms with Gasteiger partial charge in [0, 0.05) is 24.2 Å². The molecule has 0 bridgehead atoms. The third kappa shape index (κ3) is 3.45. The van der Waals surface area contributed by atoms with Crippen molar-refractivity contribution in [1.29, 1.82) is 0 Å². The van der Waals surface area contributed by atoms with Crippen LogP contribution in [0.2, 0.25) is 0 Å². The molecular formula is C11H13ClF2N2O3. The minimum absolute atomic E-state index is 0. The number of carbonyl (C=O) groups excluding carboxylic acids is 1. The molecule has 106 valence electrons. The van der Waals surface area contributed by atoms with Crippen molar-refractivity contribution in [3.8, 4) is 11.5 Å². The molecule has 1 aromatic rings. The Morgan fingerprint density at radius 3 is 2.68 bits per heavy atom. The zero-order valence-corrected chi connectivity index (χ0v) is 10.8. The maximum atomic E-state index is 12.8. The first-order valence-electron chi connectivity index (χ1n) is 5.32. The summed E-state index contributed by atoms with van der Waals surface area (Å²) in [5.41, 5.74) is 5.70. The van der Waals surface area contributed by atoms with Crippen molar-refractivity contribution in [2.24, 2.45) is 11.7 Å². The van der Waals surface area contributed by atoms with Crippen molar-refractivity contribution in [2.45, 2.75) is 13.2 Å². The van der Waals surface area contributed by atoms with Crippen LogP contribution in [0.15, 0.2) is 18.2 Å². The van der Waals surface area contributed by atoms with E-state index in [1.807, 2.05) is 0 Å². The summed E-state index contributed by atoms with van der Waals surface area (Å²) in [6.45, 7) is 1.87. The highest BCUT2D eigenvalue weighted by molar-refractivity contribution is 5.92. The minimum atomic E-state index is -3.66. The van der Waals surface area contributed by atoms with Crippen molar-refractivity contribution >= 4 is 24.0 Å². The van der Waals surface area contributed by atoms with Gasteiger partial charge in [0.1, 0.15) is 0 Å². The van der Waals surface area contributed by atoms with Crippen molar-refractivity contribution in [3.05, 3.63) is 18.2 Å². The SMILES string of the molecule is CC(CN)C(=O)Nc1ccc2c(c1)OC(F)(F)O2.Cl. The zero-order valence-electron chi connectivity index (χ0n) is 9.98. The number of carbonyl (C=O) groups is 1. The molecule has 1 aromatic carbocycles. The van der Waals surface area contributed by atoms with Crippen LogP contribution in [0.3, 0.4) is 0 Å². The molecule has 1 heterocycles. The third-order valence-electron chi connectivity index (χ3n) is 2.47. The average molecular weight is 295 g/mol. The van der Waals surface area contributed by atoms with Crippen LogP contribution in [0.5, 0.6) is 11.5 Å². The van der Waals surface area contributed by atoms with E-state index in [2.05, 4.69) is 14.8 Å². The molecule has 19 heavy (non-hydrogen) atoms. The van der Waals surface area contributed by atoms with Gasteiger partial charge in [-0.15, -0.1) is 21.2 Å². The molecule has 1 unspecified atom stereocenters. The number of ether oxygens (including phenoxy) is 2. The summed E-state index contributed by atoms with van der Waals surface area (Å²) in [7, 11) is 0. The van der Waals surface area contributed by atoms with E-state index >= 15 is 0 Å². The lowest BCUT2D eigenvalue weighted by Gasteiger charge is -2.10. The largest absolute Gasteiger partial charge is 0.586 e. The van der Waals surface area contributed by atoms with Crippen molar-refractivity contribution < 1.29 is 23.0 Å².